The van der Waals surface area contributed by atoms with E-state index in [4.69, 9.17) is 4.99 Å². The van der Waals surface area contributed by atoms with Crippen LogP contribution in [0.5, 0.6) is 0 Å². The number of nitrogens with one attached hydrogen (secondary N) is 1. The highest BCUT2D eigenvalue weighted by molar-refractivity contribution is 7.12. The van der Waals surface area contributed by atoms with E-state index >= 15 is 0 Å². The van der Waals surface area contributed by atoms with Crippen molar-refractivity contribution in [2.24, 2.45) is 12.0 Å². The van der Waals surface area contributed by atoms with E-state index in [0.717, 1.165) is 47.8 Å². The summed E-state index contributed by atoms with van der Waals surface area (Å²) >= 11 is 1.63. The molecule has 1 aliphatic carbocycles. The van der Waals surface area contributed by atoms with Crippen LogP contribution in [-0.4, -0.2) is 45.8 Å². The van der Waals surface area contributed by atoms with E-state index in [1.165, 1.54) is 37.7 Å². The molecular weight excluding hydrogens is 454 g/mol. The molecule has 2 aliphatic rings. The molecule has 6 nitrogen and oxygen atoms in total. The predicted octanol–water partition coefficient (Wildman–Crippen LogP) is 4.78. The Balaban J connectivity index is 1.15. The van der Waals surface area contributed by atoms with Crippen molar-refractivity contribution >= 4 is 17.2 Å². The molecular formula is C28H35N5OS. The van der Waals surface area contributed by atoms with Gasteiger partial charge in [-0.15, -0.1) is 0 Å². The number of piperidine rings is 1. The van der Waals surface area contributed by atoms with Crippen molar-refractivity contribution in [3.8, 4) is 10.6 Å². The second-order valence-corrected chi connectivity index (χ2v) is 10.8. The van der Waals surface area contributed by atoms with E-state index in [1.807, 2.05) is 36.0 Å². The monoisotopic (exact) mass is 489 g/mol. The van der Waals surface area contributed by atoms with Crippen LogP contribution in [0.2, 0.25) is 0 Å². The van der Waals surface area contributed by atoms with Gasteiger partial charge in [-0.3, -0.25) is 14.7 Å². The maximum Gasteiger partial charge on any atom is 0.251 e. The van der Waals surface area contributed by atoms with Crippen LogP contribution in [0.15, 0.2) is 59.6 Å². The lowest BCUT2D eigenvalue weighted by molar-refractivity contribution is 0.0909. The number of benzene rings is 2. The molecule has 0 bridgehead atoms. The minimum Gasteiger partial charge on any atom is -0.349 e. The van der Waals surface area contributed by atoms with Crippen molar-refractivity contribution in [3.05, 3.63) is 70.5 Å². The van der Waals surface area contributed by atoms with Crippen LogP contribution in [0.25, 0.3) is 10.6 Å². The molecule has 1 N–H and O–H groups in total. The molecule has 1 saturated carbocycles. The van der Waals surface area contributed by atoms with E-state index in [-0.39, 0.29) is 11.9 Å². The van der Waals surface area contributed by atoms with Crippen LogP contribution in [0.1, 0.15) is 60.9 Å². The van der Waals surface area contributed by atoms with Crippen LogP contribution >= 0.6 is 11.3 Å². The number of aryl methyl sites for hydroxylation is 1. The molecule has 3 aromatic rings. The van der Waals surface area contributed by atoms with Gasteiger partial charge in [-0.25, -0.2) is 4.68 Å². The third-order valence-electron chi connectivity index (χ3n) is 7.14. The van der Waals surface area contributed by atoms with E-state index in [9.17, 15) is 4.79 Å². The number of likely N-dealkylation sites (tertiary alicyclic amines) is 1. The fourth-order valence-corrected chi connectivity index (χ4v) is 6.02. The summed E-state index contributed by atoms with van der Waals surface area (Å²) < 4.78 is 1.89. The van der Waals surface area contributed by atoms with Crippen molar-refractivity contribution in [1.82, 2.24) is 20.0 Å². The van der Waals surface area contributed by atoms with Crippen LogP contribution in [0.3, 0.4) is 0 Å². The Morgan fingerprint density at radius 2 is 1.71 bits per heavy atom. The Hall–Kier alpha value is -2.77. The molecule has 2 heterocycles. The third kappa shape index (κ3) is 6.27. The van der Waals surface area contributed by atoms with Gasteiger partial charge in [0.05, 0.1) is 6.04 Å². The molecule has 0 atom stereocenters. The summed E-state index contributed by atoms with van der Waals surface area (Å²) in [4.78, 5) is 21.3. The van der Waals surface area contributed by atoms with Gasteiger partial charge in [0.25, 0.3) is 5.91 Å². The molecule has 35 heavy (non-hydrogen) atoms. The van der Waals surface area contributed by atoms with Crippen LogP contribution in [0.4, 0.5) is 0 Å². The zero-order valence-electron chi connectivity index (χ0n) is 20.5. The van der Waals surface area contributed by atoms with Gasteiger partial charge in [0.15, 0.2) is 0 Å². The number of hydrogen-bond donors (Lipinski definition) is 1. The van der Waals surface area contributed by atoms with Gasteiger partial charge >= 0.3 is 0 Å². The first-order chi connectivity index (χ1) is 17.1. The predicted molar refractivity (Wildman–Crippen MR) is 141 cm³/mol. The first kappa shape index (κ1) is 23.9. The lowest BCUT2D eigenvalue weighted by Gasteiger charge is -2.32. The SMILES string of the molecule is Cn1nc(-c2ccc(C(=O)NC3CCN(Cc4ccccc4)CC3)cc2)sc1=NC1CCCCC1. The largest absolute Gasteiger partial charge is 0.349 e. The quantitative estimate of drug-likeness (QED) is 0.542. The van der Waals surface area contributed by atoms with Gasteiger partial charge in [-0.2, -0.15) is 5.10 Å². The topological polar surface area (TPSA) is 62.5 Å². The summed E-state index contributed by atoms with van der Waals surface area (Å²) in [5.74, 6) is 0.00995. The lowest BCUT2D eigenvalue weighted by atomic mass is 9.96. The van der Waals surface area contributed by atoms with E-state index < -0.39 is 0 Å². The molecule has 2 aromatic carbocycles. The number of carbonyl (C=O) groups is 1. The summed E-state index contributed by atoms with van der Waals surface area (Å²) in [6.07, 6.45) is 8.23. The number of nitrogens with zero attached hydrogens (tertiary/aromatic N) is 4. The zero-order chi connectivity index (χ0) is 24.0. The molecule has 1 aliphatic heterocycles. The Morgan fingerprint density at radius 1 is 1.00 bits per heavy atom. The second kappa shape index (κ2) is 11.3. The molecule has 2 fully saturated rings. The van der Waals surface area contributed by atoms with Crippen LogP contribution in [0, 0.1) is 0 Å². The number of carbonyl (C=O) groups excluding carboxylic acids is 1. The average Bonchev–Trinajstić information content (AvgIpc) is 3.26. The fourth-order valence-electron chi connectivity index (χ4n) is 5.05. The van der Waals surface area contributed by atoms with Crippen molar-refractivity contribution in [1.29, 1.82) is 0 Å². The molecule has 0 radical (unpaired) electrons. The third-order valence-corrected chi connectivity index (χ3v) is 8.20. The van der Waals surface area contributed by atoms with E-state index in [2.05, 4.69) is 45.6 Å². The van der Waals surface area contributed by atoms with Crippen molar-refractivity contribution in [2.75, 3.05) is 13.1 Å². The average molecular weight is 490 g/mol. The van der Waals surface area contributed by atoms with Crippen LogP contribution < -0.4 is 10.1 Å². The van der Waals surface area contributed by atoms with E-state index in [1.54, 1.807) is 11.3 Å². The summed E-state index contributed by atoms with van der Waals surface area (Å²) in [7, 11) is 1.97. The van der Waals surface area contributed by atoms with Gasteiger partial charge in [0.2, 0.25) is 4.80 Å². The maximum absolute atomic E-state index is 12.9. The fraction of sp³-hybridized carbons (Fsp3) is 0.464. The highest BCUT2D eigenvalue weighted by atomic mass is 32.1. The molecule has 1 aromatic heterocycles. The molecule has 0 unspecified atom stereocenters. The van der Waals surface area contributed by atoms with Gasteiger partial charge < -0.3 is 5.32 Å². The Bertz CT molecular complexity index is 1170. The summed E-state index contributed by atoms with van der Waals surface area (Å²) in [5, 5.41) is 8.87. The van der Waals surface area contributed by atoms with E-state index in [0.29, 0.717) is 11.6 Å². The summed E-state index contributed by atoms with van der Waals surface area (Å²) in [6, 6.07) is 19.1. The Labute approximate surface area is 211 Å². The molecule has 5 rings (SSSR count). The first-order valence-electron chi connectivity index (χ1n) is 12.9. The highest BCUT2D eigenvalue weighted by Gasteiger charge is 2.21. The normalized spacial score (nSPS) is 18.6. The van der Waals surface area contributed by atoms with Gasteiger partial charge in [0, 0.05) is 43.9 Å². The minimum atomic E-state index is 0.00995. The van der Waals surface area contributed by atoms with Crippen LogP contribution in [-0.2, 0) is 13.6 Å². The number of amides is 1. The molecule has 0 spiro atoms. The van der Waals surface area contributed by atoms with Crippen molar-refractivity contribution < 1.29 is 4.79 Å². The smallest absolute Gasteiger partial charge is 0.251 e. The number of aromatic nitrogens is 2. The molecule has 184 valence electrons. The van der Waals surface area contributed by atoms with Gasteiger partial charge in [-0.1, -0.05) is 73.1 Å². The highest BCUT2D eigenvalue weighted by Crippen LogP contribution is 2.22. The summed E-state index contributed by atoms with van der Waals surface area (Å²) in [6.45, 7) is 3.00. The Morgan fingerprint density at radius 3 is 2.43 bits per heavy atom. The van der Waals surface area contributed by atoms with Crippen molar-refractivity contribution in [2.45, 2.75) is 63.6 Å². The maximum atomic E-state index is 12.9. The molecule has 1 amide bonds. The first-order valence-corrected chi connectivity index (χ1v) is 13.7. The molecule has 7 heteroatoms. The lowest BCUT2D eigenvalue weighted by Crippen LogP contribution is -2.44. The van der Waals surface area contributed by atoms with Gasteiger partial charge in [0.1, 0.15) is 5.01 Å². The summed E-state index contributed by atoms with van der Waals surface area (Å²) in [5.41, 5.74) is 3.08. The van der Waals surface area contributed by atoms with Gasteiger partial charge in [-0.05, 0) is 43.4 Å². The number of rotatable bonds is 6. The number of hydrogen-bond acceptors (Lipinski definition) is 5. The standard InChI is InChI=1S/C28H35N5OS/c1-32-28(30-24-10-6-3-7-11-24)35-27(31-32)23-14-12-22(13-15-23)26(34)29-25-16-18-33(19-17-25)20-21-8-4-2-5-9-21/h2,4-5,8-9,12-15,24-25H,3,6-7,10-11,16-20H2,1H3,(H,29,34). The molecule has 1 saturated heterocycles. The van der Waals surface area contributed by atoms with Crippen molar-refractivity contribution in [3.63, 3.8) is 0 Å². The Kier molecular flexibility index (Phi) is 7.74. The minimum absolute atomic E-state index is 0.00995. The zero-order valence-corrected chi connectivity index (χ0v) is 21.3. The second-order valence-electron chi connectivity index (χ2n) is 9.82.